The van der Waals surface area contributed by atoms with Crippen LogP contribution < -0.4 is 10.6 Å². The average molecular weight is 512 g/mol. The van der Waals surface area contributed by atoms with Crippen molar-refractivity contribution in [1.29, 1.82) is 5.26 Å². The summed E-state index contributed by atoms with van der Waals surface area (Å²) >= 11 is 1.45. The lowest BCUT2D eigenvalue weighted by Gasteiger charge is -2.38. The zero-order valence-corrected chi connectivity index (χ0v) is 21.6. The fourth-order valence-electron chi connectivity index (χ4n) is 3.38. The Labute approximate surface area is 213 Å². The van der Waals surface area contributed by atoms with E-state index in [-0.39, 0.29) is 11.9 Å². The van der Waals surface area contributed by atoms with Crippen LogP contribution >= 0.6 is 11.3 Å². The van der Waals surface area contributed by atoms with Crippen molar-refractivity contribution in [2.24, 2.45) is 5.41 Å². The maximum Gasteiger partial charge on any atom is 0.274 e. The fourth-order valence-corrected chi connectivity index (χ4v) is 4.19. The number of pyridine rings is 1. The second-order valence-corrected chi connectivity index (χ2v) is 9.33. The summed E-state index contributed by atoms with van der Waals surface area (Å²) in [6.07, 6.45) is 5.04. The van der Waals surface area contributed by atoms with E-state index in [1.54, 1.807) is 11.1 Å². The summed E-state index contributed by atoms with van der Waals surface area (Å²) in [6, 6.07) is 5.28. The molecule has 1 saturated heterocycles. The predicted octanol–water partition coefficient (Wildman–Crippen LogP) is 3.96. The van der Waals surface area contributed by atoms with E-state index in [4.69, 9.17) is 5.26 Å². The molecular weight excluding hydrogens is 481 g/mol. The van der Waals surface area contributed by atoms with Crippen LogP contribution in [0, 0.1) is 22.6 Å². The van der Waals surface area contributed by atoms with Gasteiger partial charge in [-0.1, -0.05) is 13.8 Å². The van der Waals surface area contributed by atoms with Crippen LogP contribution in [0.3, 0.4) is 0 Å². The number of thiophene rings is 1. The van der Waals surface area contributed by atoms with E-state index in [0.717, 1.165) is 35.5 Å². The summed E-state index contributed by atoms with van der Waals surface area (Å²) in [6.45, 7) is 7.20. The molecule has 11 heteroatoms. The van der Waals surface area contributed by atoms with Gasteiger partial charge in [-0.2, -0.15) is 5.26 Å². The molecule has 1 aliphatic carbocycles. The van der Waals surface area contributed by atoms with E-state index in [1.807, 2.05) is 45.3 Å². The lowest BCUT2D eigenvalue weighted by Crippen LogP contribution is -2.59. The van der Waals surface area contributed by atoms with Crippen LogP contribution in [-0.4, -0.2) is 58.2 Å². The van der Waals surface area contributed by atoms with Crippen molar-refractivity contribution in [2.75, 3.05) is 25.5 Å². The third-order valence-corrected chi connectivity index (χ3v) is 6.80. The molecule has 3 aromatic rings. The van der Waals surface area contributed by atoms with E-state index >= 15 is 0 Å². The smallest absolute Gasteiger partial charge is 0.274 e. The molecule has 0 spiro atoms. The molecule has 0 aromatic carbocycles. The van der Waals surface area contributed by atoms with Gasteiger partial charge in [0.05, 0.1) is 28.5 Å². The van der Waals surface area contributed by atoms with Crippen LogP contribution in [0.5, 0.6) is 0 Å². The molecule has 190 valence electrons. The standard InChI is InChI=1S/C18H19FN6OS.C5H5NO.C2H6/c1-10(11-5-12(19)7-21-6-11)22-18-23-14-3-4-27-16(14)15(24-18)17(26)25-8-13(9-25)20-2;6-3-5(4-7)1-2-5;1-2/h3-7,10,13,20H,8-9H2,1-2H3,(H,22,23,24);4H,1-2H2;1-2H3/t10-;;/m0../s1. The Balaban J connectivity index is 0.000000342. The number of rotatable bonds is 6. The van der Waals surface area contributed by atoms with Gasteiger partial charge in [-0.15, -0.1) is 11.3 Å². The molecule has 1 atom stereocenters. The van der Waals surface area contributed by atoms with Crippen molar-refractivity contribution in [2.45, 2.75) is 45.7 Å². The van der Waals surface area contributed by atoms with Crippen LogP contribution in [0.2, 0.25) is 0 Å². The summed E-state index contributed by atoms with van der Waals surface area (Å²) in [5.41, 5.74) is 1.25. The first kappa shape index (κ1) is 27.1. The lowest BCUT2D eigenvalue weighted by atomic mass is 10.1. The third-order valence-electron chi connectivity index (χ3n) is 5.89. The highest BCUT2D eigenvalue weighted by molar-refractivity contribution is 7.17. The average Bonchev–Trinajstić information content (AvgIpc) is 3.52. The van der Waals surface area contributed by atoms with Crippen molar-refractivity contribution in [3.63, 3.8) is 0 Å². The largest absolute Gasteiger partial charge is 0.348 e. The first-order chi connectivity index (χ1) is 17.4. The van der Waals surface area contributed by atoms with Gasteiger partial charge in [-0.3, -0.25) is 9.78 Å². The maximum absolute atomic E-state index is 13.4. The topological polar surface area (TPSA) is 124 Å². The number of aldehydes is 1. The summed E-state index contributed by atoms with van der Waals surface area (Å²) in [5.74, 6) is -0.158. The highest BCUT2D eigenvalue weighted by Crippen LogP contribution is 2.42. The minimum Gasteiger partial charge on any atom is -0.348 e. The van der Waals surface area contributed by atoms with Crippen molar-refractivity contribution in [3.8, 4) is 6.07 Å². The zero-order valence-electron chi connectivity index (χ0n) is 20.8. The molecule has 5 rings (SSSR count). The molecule has 0 bridgehead atoms. The number of halogens is 1. The number of amides is 1. The van der Waals surface area contributed by atoms with Gasteiger partial charge >= 0.3 is 0 Å². The Morgan fingerprint density at radius 1 is 1.33 bits per heavy atom. The number of nitrogens with one attached hydrogen (secondary N) is 2. The molecule has 0 unspecified atom stereocenters. The fraction of sp³-hybridized carbons (Fsp3) is 0.440. The Morgan fingerprint density at radius 3 is 2.61 bits per heavy atom. The molecule has 1 aliphatic heterocycles. The molecule has 4 heterocycles. The minimum atomic E-state index is -0.542. The Morgan fingerprint density at radius 2 is 2.06 bits per heavy atom. The number of carbonyl (C=O) groups is 2. The molecule has 9 nitrogen and oxygen atoms in total. The number of fused-ring (bicyclic) bond motifs is 1. The minimum absolute atomic E-state index is 0.0977. The highest BCUT2D eigenvalue weighted by atomic mass is 32.1. The second kappa shape index (κ2) is 12.0. The van der Waals surface area contributed by atoms with Gasteiger partial charge in [0, 0.05) is 25.3 Å². The first-order valence-corrected chi connectivity index (χ1v) is 12.7. The van der Waals surface area contributed by atoms with Crippen molar-refractivity contribution in [3.05, 3.63) is 47.0 Å². The van der Waals surface area contributed by atoms with Crippen LogP contribution in [0.25, 0.3) is 10.2 Å². The molecule has 0 radical (unpaired) electrons. The molecule has 2 N–H and O–H groups in total. The number of hydrogen-bond donors (Lipinski definition) is 2. The maximum atomic E-state index is 13.4. The second-order valence-electron chi connectivity index (χ2n) is 8.41. The summed E-state index contributed by atoms with van der Waals surface area (Å²) in [5, 5.41) is 16.4. The molecule has 3 aromatic heterocycles. The number of nitrogens with zero attached hydrogens (tertiary/aromatic N) is 5. The molecule has 1 saturated carbocycles. The Hall–Kier alpha value is -3.49. The van der Waals surface area contributed by atoms with Gasteiger partial charge in [0.15, 0.2) is 5.69 Å². The van der Waals surface area contributed by atoms with E-state index in [1.165, 1.54) is 17.4 Å². The first-order valence-electron chi connectivity index (χ1n) is 11.8. The van der Waals surface area contributed by atoms with Gasteiger partial charge < -0.3 is 20.3 Å². The van der Waals surface area contributed by atoms with Gasteiger partial charge in [-0.05, 0) is 49.9 Å². The van der Waals surface area contributed by atoms with E-state index < -0.39 is 11.2 Å². The van der Waals surface area contributed by atoms with Crippen molar-refractivity contribution in [1.82, 2.24) is 25.2 Å². The number of hydrogen-bond acceptors (Lipinski definition) is 9. The number of likely N-dealkylation sites (tertiary alicyclic amines) is 1. The molecule has 1 amide bonds. The number of carbonyl (C=O) groups excluding carboxylic acids is 2. The van der Waals surface area contributed by atoms with Crippen LogP contribution in [0.15, 0.2) is 29.9 Å². The normalized spacial score (nSPS) is 16.3. The monoisotopic (exact) mass is 511 g/mol. The van der Waals surface area contributed by atoms with E-state index in [0.29, 0.717) is 36.3 Å². The number of anilines is 1. The lowest BCUT2D eigenvalue weighted by molar-refractivity contribution is -0.110. The molecular formula is C25H30FN7O2S. The van der Waals surface area contributed by atoms with Crippen LogP contribution in [0.1, 0.15) is 55.7 Å². The van der Waals surface area contributed by atoms with E-state index in [2.05, 4.69) is 25.6 Å². The van der Waals surface area contributed by atoms with Gasteiger partial charge in [-0.25, -0.2) is 14.4 Å². The number of aromatic nitrogens is 3. The van der Waals surface area contributed by atoms with E-state index in [9.17, 15) is 14.0 Å². The number of nitriles is 1. The van der Waals surface area contributed by atoms with Crippen molar-refractivity contribution < 1.29 is 14.0 Å². The molecule has 36 heavy (non-hydrogen) atoms. The summed E-state index contributed by atoms with van der Waals surface area (Å²) in [4.78, 5) is 37.4. The summed E-state index contributed by atoms with van der Waals surface area (Å²) in [7, 11) is 1.89. The summed E-state index contributed by atoms with van der Waals surface area (Å²) < 4.78 is 14.2. The predicted molar refractivity (Wildman–Crippen MR) is 137 cm³/mol. The van der Waals surface area contributed by atoms with Gasteiger partial charge in [0.25, 0.3) is 5.91 Å². The quantitative estimate of drug-likeness (QED) is 0.477. The number of likely N-dealkylation sites (N-methyl/N-ethyl adjacent to an activating group) is 1. The Bertz CT molecular complexity index is 1250. The molecule has 2 fully saturated rings. The Kier molecular flexibility index (Phi) is 9.01. The van der Waals surface area contributed by atoms with Gasteiger partial charge in [0.1, 0.15) is 17.5 Å². The van der Waals surface area contributed by atoms with Crippen LogP contribution in [0.4, 0.5) is 10.3 Å². The van der Waals surface area contributed by atoms with Crippen molar-refractivity contribution >= 4 is 39.7 Å². The van der Waals surface area contributed by atoms with Gasteiger partial charge in [0.2, 0.25) is 5.95 Å². The SMILES string of the molecule is CC.CNC1CN(C(=O)c2nc(N[C@@H](C)c3cncc(F)c3)nc3ccsc23)C1.N#CC1(C=O)CC1. The highest BCUT2D eigenvalue weighted by Gasteiger charge is 2.42. The molecule has 2 aliphatic rings. The third kappa shape index (κ3) is 6.19. The van der Waals surface area contributed by atoms with Crippen LogP contribution in [-0.2, 0) is 4.79 Å². The zero-order chi connectivity index (χ0) is 26.3.